The van der Waals surface area contributed by atoms with Crippen molar-refractivity contribution in [1.82, 2.24) is 0 Å². The molecule has 4 nitrogen and oxygen atoms in total. The molecule has 0 aromatic rings. The van der Waals surface area contributed by atoms with Crippen LogP contribution in [0, 0.1) is 0 Å². The molecule has 0 unspecified atom stereocenters. The molecule has 0 amide bonds. The maximum absolute atomic E-state index is 11.1. The minimum Gasteiger partial charge on any atom is -0.495 e. The van der Waals surface area contributed by atoms with Crippen LogP contribution in [0.5, 0.6) is 0 Å². The topological polar surface area (TPSA) is 61.5 Å². The molecule has 0 aromatic heterocycles. The average molecular weight is 276 g/mol. The van der Waals surface area contributed by atoms with E-state index < -0.39 is 5.97 Å². The van der Waals surface area contributed by atoms with Gasteiger partial charge in [-0.1, -0.05) is 6.58 Å². The summed E-state index contributed by atoms with van der Waals surface area (Å²) < 4.78 is 9.91. The molecule has 2 N–H and O–H groups in total. The van der Waals surface area contributed by atoms with Crippen molar-refractivity contribution in [3.63, 3.8) is 0 Å². The number of esters is 1. The first-order valence-corrected chi connectivity index (χ1v) is 4.88. The predicted octanol–water partition coefficient (Wildman–Crippen LogP) is 1.83. The number of hydrogen-bond donors (Lipinski definition) is 1. The lowest BCUT2D eigenvalue weighted by Gasteiger charge is -2.06. The second-order valence-corrected chi connectivity index (χ2v) is 3.56. The molecule has 0 aliphatic heterocycles. The molecule has 0 rings (SSSR count). The molecule has 0 saturated carbocycles. The normalized spacial score (nSPS) is 12.9. The van der Waals surface area contributed by atoms with Crippen molar-refractivity contribution in [2.45, 2.75) is 6.92 Å². The van der Waals surface area contributed by atoms with Crippen molar-refractivity contribution < 1.29 is 14.3 Å². The Morgan fingerprint density at radius 3 is 2.33 bits per heavy atom. The number of carbonyl (C=O) groups is 1. The number of rotatable bonds is 4. The third kappa shape index (κ3) is 4.20. The lowest BCUT2D eigenvalue weighted by atomic mass is 10.2. The number of methoxy groups -OCH3 is 2. The summed E-state index contributed by atoms with van der Waals surface area (Å²) >= 11 is 3.21. The van der Waals surface area contributed by atoms with Gasteiger partial charge in [0.1, 0.15) is 5.76 Å². The van der Waals surface area contributed by atoms with Gasteiger partial charge in [0.05, 0.1) is 19.9 Å². The van der Waals surface area contributed by atoms with Crippen LogP contribution in [0.25, 0.3) is 0 Å². The average Bonchev–Trinajstić information content (AvgIpc) is 2.25. The number of allylic oxidation sites excluding steroid dienone is 2. The van der Waals surface area contributed by atoms with E-state index in [9.17, 15) is 4.79 Å². The zero-order valence-corrected chi connectivity index (χ0v) is 10.6. The summed E-state index contributed by atoms with van der Waals surface area (Å²) in [5.74, 6) is -0.0847. The van der Waals surface area contributed by atoms with Gasteiger partial charge < -0.3 is 15.2 Å². The minimum absolute atomic E-state index is 0.329. The van der Waals surface area contributed by atoms with Crippen LogP contribution in [-0.4, -0.2) is 20.2 Å². The minimum atomic E-state index is -0.414. The van der Waals surface area contributed by atoms with E-state index in [2.05, 4.69) is 27.2 Å². The number of nitrogens with two attached hydrogens (primary N) is 1. The fraction of sp³-hybridized carbons (Fsp3) is 0.300. The molecular weight excluding hydrogens is 262 g/mol. The van der Waals surface area contributed by atoms with Gasteiger partial charge in [-0.15, -0.1) is 0 Å². The molecule has 0 spiro atoms. The van der Waals surface area contributed by atoms with Crippen LogP contribution in [0.4, 0.5) is 0 Å². The number of ether oxygens (including phenoxy) is 2. The van der Waals surface area contributed by atoms with E-state index in [1.165, 1.54) is 14.2 Å². The number of halogens is 1. The molecule has 0 aliphatic carbocycles. The summed E-state index contributed by atoms with van der Waals surface area (Å²) in [6.45, 7) is 5.21. The Morgan fingerprint density at radius 1 is 1.40 bits per heavy atom. The van der Waals surface area contributed by atoms with Gasteiger partial charge in [0, 0.05) is 10.1 Å². The first-order valence-electron chi connectivity index (χ1n) is 4.09. The Labute approximate surface area is 97.6 Å². The third-order valence-electron chi connectivity index (χ3n) is 1.65. The van der Waals surface area contributed by atoms with Gasteiger partial charge in [-0.2, -0.15) is 0 Å². The highest BCUT2D eigenvalue weighted by Crippen LogP contribution is 2.17. The van der Waals surface area contributed by atoms with Crippen molar-refractivity contribution in [3.05, 3.63) is 34.2 Å². The lowest BCUT2D eigenvalue weighted by Crippen LogP contribution is -2.05. The Balaban J connectivity index is 4.94. The Bertz CT molecular complexity index is 332. The summed E-state index contributed by atoms with van der Waals surface area (Å²) in [7, 11) is 2.78. The zero-order chi connectivity index (χ0) is 12.0. The predicted molar refractivity (Wildman–Crippen MR) is 62.1 cm³/mol. The van der Waals surface area contributed by atoms with Crippen LogP contribution in [0.15, 0.2) is 34.2 Å². The van der Waals surface area contributed by atoms with Crippen LogP contribution in [0.1, 0.15) is 6.92 Å². The fourth-order valence-electron chi connectivity index (χ4n) is 0.731. The van der Waals surface area contributed by atoms with Crippen molar-refractivity contribution in [2.75, 3.05) is 14.2 Å². The molecule has 0 atom stereocenters. The van der Waals surface area contributed by atoms with Gasteiger partial charge in [0.25, 0.3) is 0 Å². The Morgan fingerprint density at radius 2 is 1.93 bits per heavy atom. The van der Waals surface area contributed by atoms with Crippen LogP contribution in [0.2, 0.25) is 0 Å². The Hall–Kier alpha value is -1.23. The van der Waals surface area contributed by atoms with Gasteiger partial charge in [0.2, 0.25) is 0 Å². The van der Waals surface area contributed by atoms with Crippen LogP contribution in [0.3, 0.4) is 0 Å². The second kappa shape index (κ2) is 6.29. The highest BCUT2D eigenvalue weighted by molar-refractivity contribution is 9.11. The highest BCUT2D eigenvalue weighted by atomic mass is 79.9. The lowest BCUT2D eigenvalue weighted by molar-refractivity contribution is -0.136. The van der Waals surface area contributed by atoms with Gasteiger partial charge >= 0.3 is 5.97 Å². The van der Waals surface area contributed by atoms with E-state index >= 15 is 0 Å². The van der Waals surface area contributed by atoms with Crippen molar-refractivity contribution in [2.24, 2.45) is 5.73 Å². The molecule has 0 aromatic carbocycles. The van der Waals surface area contributed by atoms with E-state index in [1.54, 1.807) is 13.0 Å². The monoisotopic (exact) mass is 275 g/mol. The summed E-state index contributed by atoms with van der Waals surface area (Å²) in [4.78, 5) is 11.1. The highest BCUT2D eigenvalue weighted by Gasteiger charge is 2.06. The molecule has 0 fully saturated rings. The zero-order valence-electron chi connectivity index (χ0n) is 8.96. The van der Waals surface area contributed by atoms with Crippen LogP contribution >= 0.6 is 15.9 Å². The number of hydrogen-bond acceptors (Lipinski definition) is 4. The molecule has 0 bridgehead atoms. The maximum atomic E-state index is 11.1. The summed E-state index contributed by atoms with van der Waals surface area (Å²) in [6.07, 6.45) is 1.55. The molecule has 0 aliphatic rings. The molecule has 0 radical (unpaired) electrons. The van der Waals surface area contributed by atoms with Crippen LogP contribution < -0.4 is 5.73 Å². The van der Waals surface area contributed by atoms with E-state index in [1.807, 2.05) is 0 Å². The molecular formula is C10H14BrNO3. The Kier molecular flexibility index (Phi) is 5.77. The van der Waals surface area contributed by atoms with E-state index in [0.717, 1.165) is 0 Å². The van der Waals surface area contributed by atoms with Gasteiger partial charge in [-0.25, -0.2) is 4.79 Å². The summed E-state index contributed by atoms with van der Waals surface area (Å²) in [5.41, 5.74) is 6.43. The van der Waals surface area contributed by atoms with Crippen LogP contribution in [-0.2, 0) is 14.3 Å². The SMILES string of the molecule is C=C(OC)/C(N)=C(Br)\C=C(/C)C(=O)OC. The smallest absolute Gasteiger partial charge is 0.333 e. The van der Waals surface area contributed by atoms with Gasteiger partial charge in [-0.05, 0) is 28.9 Å². The third-order valence-corrected chi connectivity index (χ3v) is 2.31. The van der Waals surface area contributed by atoms with E-state index in [-0.39, 0.29) is 0 Å². The largest absolute Gasteiger partial charge is 0.495 e. The maximum Gasteiger partial charge on any atom is 0.333 e. The molecule has 5 heteroatoms. The van der Waals surface area contributed by atoms with Gasteiger partial charge in [-0.3, -0.25) is 0 Å². The van der Waals surface area contributed by atoms with Crippen molar-refractivity contribution in [3.8, 4) is 0 Å². The molecule has 84 valence electrons. The first-order chi connectivity index (χ1) is 6.93. The second-order valence-electron chi connectivity index (χ2n) is 2.71. The first kappa shape index (κ1) is 13.8. The van der Waals surface area contributed by atoms with E-state index in [0.29, 0.717) is 21.5 Å². The summed E-state index contributed by atoms with van der Waals surface area (Å²) in [5, 5.41) is 0. The van der Waals surface area contributed by atoms with Crippen molar-refractivity contribution in [1.29, 1.82) is 0 Å². The van der Waals surface area contributed by atoms with Crippen molar-refractivity contribution >= 4 is 21.9 Å². The molecule has 15 heavy (non-hydrogen) atoms. The quantitative estimate of drug-likeness (QED) is 0.368. The summed E-state index contributed by atoms with van der Waals surface area (Å²) in [6, 6.07) is 0. The molecule has 0 saturated heterocycles. The number of carbonyl (C=O) groups excluding carboxylic acids is 1. The standard InChI is InChI=1S/C10H14BrNO3/c1-6(10(13)15-4)5-8(11)9(12)7(2)14-3/h5H,2,12H2,1,3-4H3/b6-5+,9-8-. The van der Waals surface area contributed by atoms with Gasteiger partial charge in [0.15, 0.2) is 0 Å². The van der Waals surface area contributed by atoms with E-state index in [4.69, 9.17) is 10.5 Å². The molecule has 0 heterocycles. The fourth-order valence-corrected chi connectivity index (χ4v) is 1.30.